The summed E-state index contributed by atoms with van der Waals surface area (Å²) in [6.07, 6.45) is 14.1. The second-order valence-corrected chi connectivity index (χ2v) is 23.1. The molecule has 0 aromatic heterocycles. The van der Waals surface area contributed by atoms with E-state index in [0.29, 0.717) is 29.6 Å². The number of carbonyl (C=O) groups excluding carboxylic acids is 3. The molecule has 7 rings (SSSR count). The summed E-state index contributed by atoms with van der Waals surface area (Å²) in [5.41, 5.74) is -0.616. The monoisotopic (exact) mass is 777 g/mol. The number of rotatable bonds is 8. The fourth-order valence-corrected chi connectivity index (χ4v) is 15.6. The molecule has 1 saturated heterocycles. The molecule has 12 atom stereocenters. The Hall–Kier alpha value is -2.38. The Morgan fingerprint density at radius 2 is 1.48 bits per heavy atom. The van der Waals surface area contributed by atoms with Gasteiger partial charge in [-0.25, -0.2) is 0 Å². The number of likely N-dealkylation sites (tertiary alicyclic amines) is 1. The van der Waals surface area contributed by atoms with Gasteiger partial charge < -0.3 is 20.1 Å². The predicted octanol–water partition coefficient (Wildman–Crippen LogP) is 9.60. The number of nitrogens with zero attached hydrogens (tertiary/aromatic N) is 1. The van der Waals surface area contributed by atoms with Crippen LogP contribution in [0.3, 0.4) is 0 Å². The minimum Gasteiger partial charge on any atom is -0.481 e. The van der Waals surface area contributed by atoms with E-state index < -0.39 is 22.8 Å². The van der Waals surface area contributed by atoms with E-state index in [9.17, 15) is 19.5 Å². The summed E-state index contributed by atoms with van der Waals surface area (Å²) in [5, 5.41) is 13.3. The Morgan fingerprint density at radius 1 is 0.804 bits per heavy atom. The van der Waals surface area contributed by atoms with Crippen molar-refractivity contribution in [3.63, 3.8) is 0 Å². The third-order valence-corrected chi connectivity index (χ3v) is 19.4. The molecule has 6 aliphatic carbocycles. The topological polar surface area (TPSA) is 113 Å². The zero-order chi connectivity index (χ0) is 41.0. The van der Waals surface area contributed by atoms with Gasteiger partial charge in [-0.3, -0.25) is 19.2 Å². The first-order valence-electron chi connectivity index (χ1n) is 22.7. The van der Waals surface area contributed by atoms with Gasteiger partial charge in [0.2, 0.25) is 11.8 Å². The molecule has 0 aromatic rings. The highest BCUT2D eigenvalue weighted by atomic mass is 16.5. The molecule has 0 spiro atoms. The van der Waals surface area contributed by atoms with Gasteiger partial charge in [0.15, 0.2) is 0 Å². The van der Waals surface area contributed by atoms with Crippen molar-refractivity contribution >= 4 is 23.8 Å². The quantitative estimate of drug-likeness (QED) is 0.188. The average molecular weight is 777 g/mol. The zero-order valence-corrected chi connectivity index (χ0v) is 36.8. The maximum atomic E-state index is 15.1. The third kappa shape index (κ3) is 6.07. The summed E-state index contributed by atoms with van der Waals surface area (Å²) in [6.45, 7) is 28.4. The number of esters is 1. The predicted molar refractivity (Wildman–Crippen MR) is 219 cm³/mol. The SMILES string of the molecule is C=C(C)[C@@H]1CC[C@]2(C(=O)NC3C[C@H](C(=O)N4CCCCC4)C3(C)C)CC[C@@]3(C)C4CC[C@H]5C(C)(C)[C@@H](OC(=O)CC(C)(C)C(=O)O)CC[C@]5(C)[C@H]4CC[C@]3(C)C12. The molecule has 8 heteroatoms. The van der Waals surface area contributed by atoms with Crippen molar-refractivity contribution < 1.29 is 29.0 Å². The number of amides is 2. The maximum absolute atomic E-state index is 15.1. The smallest absolute Gasteiger partial charge is 0.309 e. The van der Waals surface area contributed by atoms with Crippen LogP contribution in [-0.2, 0) is 23.9 Å². The number of carboxylic acids is 1. The molecule has 2 N–H and O–H groups in total. The zero-order valence-electron chi connectivity index (χ0n) is 36.8. The van der Waals surface area contributed by atoms with Crippen LogP contribution in [0.5, 0.6) is 0 Å². The van der Waals surface area contributed by atoms with E-state index in [1.54, 1.807) is 13.8 Å². The van der Waals surface area contributed by atoms with Gasteiger partial charge in [-0.2, -0.15) is 0 Å². The third-order valence-electron chi connectivity index (χ3n) is 19.4. The lowest BCUT2D eigenvalue weighted by atomic mass is 9.33. The number of hydrogen-bond acceptors (Lipinski definition) is 5. The van der Waals surface area contributed by atoms with Gasteiger partial charge >= 0.3 is 11.9 Å². The standard InChI is InChI=1S/C48H76N2O6/c1-29(2)30-17-22-48(40(53)49-35-27-33(43(35,5)6)39(52)50-25-13-12-14-26-50)24-23-46(10)32-15-16-34-44(7,8)36(56-37(51)28-42(3,4)41(54)55)19-20-45(34,9)31(32)18-21-47(46,11)38(30)48/h30-36,38H,1,12-28H2,2-11H3,(H,49,53)(H,54,55)/t30-,31-,32?,33+,34-,35?,36-,38?,45+,46-,47+,48-/m0/s1. The lowest BCUT2D eigenvalue weighted by Gasteiger charge is -2.72. The van der Waals surface area contributed by atoms with Crippen molar-refractivity contribution in [2.75, 3.05) is 13.1 Å². The fourth-order valence-electron chi connectivity index (χ4n) is 15.6. The fraction of sp³-hybridized carbons (Fsp3) is 0.875. The van der Waals surface area contributed by atoms with Gasteiger partial charge in [0.25, 0.3) is 0 Å². The summed E-state index contributed by atoms with van der Waals surface area (Å²) < 4.78 is 6.19. The Kier molecular flexibility index (Phi) is 10.3. The molecule has 1 aliphatic heterocycles. The van der Waals surface area contributed by atoms with Gasteiger partial charge in [-0.15, -0.1) is 0 Å². The van der Waals surface area contributed by atoms with E-state index >= 15 is 4.79 Å². The Morgan fingerprint density at radius 3 is 2.11 bits per heavy atom. The molecule has 7 aliphatic rings. The molecule has 2 amide bonds. The average Bonchev–Trinajstić information content (AvgIpc) is 3.54. The second kappa shape index (κ2) is 13.8. The lowest BCUT2D eigenvalue weighted by Crippen LogP contribution is -2.69. The normalized spacial score (nSPS) is 43.8. The summed E-state index contributed by atoms with van der Waals surface area (Å²) >= 11 is 0. The molecule has 1 heterocycles. The van der Waals surface area contributed by atoms with Gasteiger partial charge in [0.05, 0.1) is 17.3 Å². The minimum atomic E-state index is -1.16. The molecule has 0 bridgehead atoms. The minimum absolute atomic E-state index is 0.00579. The van der Waals surface area contributed by atoms with Gasteiger partial charge in [-0.05, 0) is 162 Å². The first-order valence-corrected chi connectivity index (χ1v) is 22.7. The maximum Gasteiger partial charge on any atom is 0.309 e. The number of fused-ring (bicyclic) bond motifs is 7. The highest BCUT2D eigenvalue weighted by Crippen LogP contribution is 2.78. The first kappa shape index (κ1) is 41.8. The van der Waals surface area contributed by atoms with Crippen LogP contribution in [0.2, 0.25) is 0 Å². The molecule has 314 valence electrons. The number of hydrogen-bond donors (Lipinski definition) is 2. The van der Waals surface area contributed by atoms with Gasteiger partial charge in [0, 0.05) is 30.5 Å². The van der Waals surface area contributed by atoms with Crippen molar-refractivity contribution in [1.82, 2.24) is 10.2 Å². The van der Waals surface area contributed by atoms with Crippen molar-refractivity contribution in [2.24, 2.45) is 73.4 Å². The van der Waals surface area contributed by atoms with E-state index in [0.717, 1.165) is 96.6 Å². The van der Waals surface area contributed by atoms with Gasteiger partial charge in [-0.1, -0.05) is 60.6 Å². The number of piperidine rings is 1. The number of carboxylic acid groups (broad SMARTS) is 1. The van der Waals surface area contributed by atoms with Crippen LogP contribution in [0.1, 0.15) is 166 Å². The number of carbonyl (C=O) groups is 4. The Balaban J connectivity index is 1.10. The van der Waals surface area contributed by atoms with Crippen LogP contribution in [0, 0.1) is 73.4 Å². The first-order chi connectivity index (χ1) is 26.0. The van der Waals surface area contributed by atoms with Crippen LogP contribution in [0.15, 0.2) is 12.2 Å². The van der Waals surface area contributed by atoms with Crippen LogP contribution in [-0.4, -0.2) is 59.0 Å². The Bertz CT molecular complexity index is 1630. The molecule has 6 saturated carbocycles. The van der Waals surface area contributed by atoms with Crippen LogP contribution < -0.4 is 5.32 Å². The van der Waals surface area contributed by atoms with E-state index in [4.69, 9.17) is 4.74 Å². The molecular formula is C48H76N2O6. The number of ether oxygens (including phenoxy) is 1. The van der Waals surface area contributed by atoms with Crippen molar-refractivity contribution in [3.8, 4) is 0 Å². The van der Waals surface area contributed by atoms with Crippen molar-refractivity contribution in [3.05, 3.63) is 12.2 Å². The molecular weight excluding hydrogens is 701 g/mol. The van der Waals surface area contributed by atoms with Crippen LogP contribution in [0.4, 0.5) is 0 Å². The summed E-state index contributed by atoms with van der Waals surface area (Å²) in [4.78, 5) is 55.7. The highest BCUT2D eigenvalue weighted by molar-refractivity contribution is 5.86. The largest absolute Gasteiger partial charge is 0.481 e. The van der Waals surface area contributed by atoms with E-state index in [-0.39, 0.29) is 63.4 Å². The molecule has 8 nitrogen and oxygen atoms in total. The van der Waals surface area contributed by atoms with Crippen molar-refractivity contribution in [1.29, 1.82) is 0 Å². The Labute approximate surface area is 338 Å². The lowest BCUT2D eigenvalue weighted by molar-refractivity contribution is -0.240. The number of allylic oxidation sites excluding steroid dienone is 1. The molecule has 0 aromatic carbocycles. The van der Waals surface area contributed by atoms with Crippen LogP contribution >= 0.6 is 0 Å². The number of aliphatic carboxylic acids is 1. The van der Waals surface area contributed by atoms with Gasteiger partial charge in [0.1, 0.15) is 6.10 Å². The summed E-state index contributed by atoms with van der Waals surface area (Å²) in [6, 6.07) is 0.0149. The summed E-state index contributed by atoms with van der Waals surface area (Å²) in [5.74, 6) is 1.23. The second-order valence-electron chi connectivity index (χ2n) is 23.1. The van der Waals surface area contributed by atoms with E-state index in [2.05, 4.69) is 72.2 Å². The molecule has 7 fully saturated rings. The molecule has 0 radical (unpaired) electrons. The molecule has 56 heavy (non-hydrogen) atoms. The van der Waals surface area contributed by atoms with E-state index in [1.807, 2.05) is 0 Å². The van der Waals surface area contributed by atoms with Crippen molar-refractivity contribution in [2.45, 2.75) is 178 Å². The number of nitrogens with one attached hydrogen (secondary N) is 1. The molecule has 3 unspecified atom stereocenters. The van der Waals surface area contributed by atoms with E-state index in [1.165, 1.54) is 12.0 Å². The highest BCUT2D eigenvalue weighted by Gasteiger charge is 2.73. The summed E-state index contributed by atoms with van der Waals surface area (Å²) in [7, 11) is 0. The van der Waals surface area contributed by atoms with Crippen LogP contribution in [0.25, 0.3) is 0 Å².